The molecule has 0 aliphatic carbocycles. The summed E-state index contributed by atoms with van der Waals surface area (Å²) in [7, 11) is 0. The molecule has 0 aliphatic rings. The first-order valence-corrected chi connectivity index (χ1v) is 6.52. The van der Waals surface area contributed by atoms with Crippen LogP contribution in [0.2, 0.25) is 0 Å². The summed E-state index contributed by atoms with van der Waals surface area (Å²) in [6.07, 6.45) is 2.77. The Morgan fingerprint density at radius 3 is 2.73 bits per heavy atom. The third kappa shape index (κ3) is 4.00. The van der Waals surface area contributed by atoms with Crippen LogP contribution in [0.25, 0.3) is 6.08 Å². The molecule has 2 rings (SSSR count). The molecule has 1 amide bonds. The number of hydrogen-bond donors (Lipinski definition) is 2. The van der Waals surface area contributed by atoms with Gasteiger partial charge >= 0.3 is 0 Å². The fraction of sp³-hybridized carbons (Fsp3) is 0.0625. The van der Waals surface area contributed by atoms with Crippen LogP contribution in [0.4, 0.5) is 11.4 Å². The number of nitrogens with zero attached hydrogens (tertiary/aromatic N) is 1. The number of para-hydroxylation sites is 1. The number of benzene rings is 2. The molecule has 2 aromatic carbocycles. The highest BCUT2D eigenvalue weighted by atomic mass is 16.6. The zero-order chi connectivity index (χ0) is 15.9. The van der Waals surface area contributed by atoms with E-state index >= 15 is 0 Å². The number of rotatable bonds is 5. The van der Waals surface area contributed by atoms with Gasteiger partial charge in [-0.15, -0.1) is 0 Å². The van der Waals surface area contributed by atoms with Crippen molar-refractivity contribution in [3.05, 3.63) is 75.8 Å². The first kappa shape index (κ1) is 15.4. The minimum atomic E-state index is -0.491. The van der Waals surface area contributed by atoms with Crippen molar-refractivity contribution in [2.45, 2.75) is 6.61 Å². The van der Waals surface area contributed by atoms with Crippen molar-refractivity contribution in [1.82, 2.24) is 0 Å². The van der Waals surface area contributed by atoms with Crippen molar-refractivity contribution in [3.63, 3.8) is 0 Å². The second kappa shape index (κ2) is 7.14. The van der Waals surface area contributed by atoms with Crippen molar-refractivity contribution in [1.29, 1.82) is 0 Å². The Balaban J connectivity index is 2.08. The molecule has 0 saturated carbocycles. The molecule has 0 aliphatic heterocycles. The molecule has 6 heteroatoms. The van der Waals surface area contributed by atoms with E-state index in [1.807, 2.05) is 0 Å². The maximum atomic E-state index is 11.9. The molecule has 0 bridgehead atoms. The third-order valence-corrected chi connectivity index (χ3v) is 2.95. The van der Waals surface area contributed by atoms with Crippen molar-refractivity contribution < 1.29 is 14.8 Å². The van der Waals surface area contributed by atoms with E-state index in [1.54, 1.807) is 36.4 Å². The Morgan fingerprint density at radius 1 is 1.23 bits per heavy atom. The van der Waals surface area contributed by atoms with Gasteiger partial charge in [0.15, 0.2) is 0 Å². The molecule has 2 aromatic rings. The minimum Gasteiger partial charge on any atom is -0.392 e. The zero-order valence-corrected chi connectivity index (χ0v) is 11.6. The van der Waals surface area contributed by atoms with Crippen LogP contribution >= 0.6 is 0 Å². The number of aliphatic hydroxyl groups is 1. The Hall–Kier alpha value is -2.99. The van der Waals surface area contributed by atoms with Crippen molar-refractivity contribution in [3.8, 4) is 0 Å². The van der Waals surface area contributed by atoms with Crippen molar-refractivity contribution >= 4 is 23.4 Å². The van der Waals surface area contributed by atoms with Gasteiger partial charge in [-0.3, -0.25) is 14.9 Å². The van der Waals surface area contributed by atoms with E-state index in [2.05, 4.69) is 5.32 Å². The van der Waals surface area contributed by atoms with Crippen LogP contribution in [-0.4, -0.2) is 15.9 Å². The second-order valence-electron chi connectivity index (χ2n) is 4.49. The van der Waals surface area contributed by atoms with Crippen LogP contribution in [0.1, 0.15) is 11.1 Å². The van der Waals surface area contributed by atoms with E-state index in [1.165, 1.54) is 24.3 Å². The maximum Gasteiger partial charge on any atom is 0.270 e. The summed E-state index contributed by atoms with van der Waals surface area (Å²) in [5, 5.41) is 22.5. The average molecular weight is 298 g/mol. The SMILES string of the molecule is O=C(/C=C/c1cccc([N+](=O)[O-])c1)Nc1ccccc1CO. The van der Waals surface area contributed by atoms with Gasteiger partial charge in [0.25, 0.3) is 5.69 Å². The number of nitro groups is 1. The first-order valence-electron chi connectivity index (χ1n) is 6.52. The predicted octanol–water partition coefficient (Wildman–Crippen LogP) is 2.74. The van der Waals surface area contributed by atoms with Crippen LogP contribution < -0.4 is 5.32 Å². The van der Waals surface area contributed by atoms with E-state index < -0.39 is 4.92 Å². The van der Waals surface area contributed by atoms with E-state index in [-0.39, 0.29) is 18.2 Å². The fourth-order valence-corrected chi connectivity index (χ4v) is 1.87. The number of nitro benzene ring substituents is 1. The second-order valence-corrected chi connectivity index (χ2v) is 4.49. The molecule has 2 N–H and O–H groups in total. The highest BCUT2D eigenvalue weighted by Crippen LogP contribution is 2.16. The first-order chi connectivity index (χ1) is 10.6. The summed E-state index contributed by atoms with van der Waals surface area (Å²) in [4.78, 5) is 22.0. The summed E-state index contributed by atoms with van der Waals surface area (Å²) < 4.78 is 0. The number of carbonyl (C=O) groups excluding carboxylic acids is 1. The normalized spacial score (nSPS) is 10.6. The summed E-state index contributed by atoms with van der Waals surface area (Å²) in [6.45, 7) is -0.176. The molecular weight excluding hydrogens is 284 g/mol. The maximum absolute atomic E-state index is 11.9. The number of anilines is 1. The lowest BCUT2D eigenvalue weighted by molar-refractivity contribution is -0.384. The summed E-state index contributed by atoms with van der Waals surface area (Å²) in [5.41, 5.74) is 1.66. The molecule has 22 heavy (non-hydrogen) atoms. The average Bonchev–Trinajstić information content (AvgIpc) is 2.53. The highest BCUT2D eigenvalue weighted by molar-refractivity contribution is 6.02. The molecule has 0 radical (unpaired) electrons. The Morgan fingerprint density at radius 2 is 2.00 bits per heavy atom. The molecule has 0 saturated heterocycles. The monoisotopic (exact) mass is 298 g/mol. The van der Waals surface area contributed by atoms with Crippen molar-refractivity contribution in [2.75, 3.05) is 5.32 Å². The van der Waals surface area contributed by atoms with Crippen LogP contribution in [0, 0.1) is 10.1 Å². The zero-order valence-electron chi connectivity index (χ0n) is 11.6. The molecular formula is C16H14N2O4. The van der Waals surface area contributed by atoms with E-state index in [9.17, 15) is 20.0 Å². The van der Waals surface area contributed by atoms with Crippen molar-refractivity contribution in [2.24, 2.45) is 0 Å². The molecule has 0 unspecified atom stereocenters. The van der Waals surface area contributed by atoms with E-state index in [4.69, 9.17) is 0 Å². The summed E-state index contributed by atoms with van der Waals surface area (Å²) >= 11 is 0. The summed E-state index contributed by atoms with van der Waals surface area (Å²) in [5.74, 6) is -0.382. The van der Waals surface area contributed by atoms with Gasteiger partial charge in [-0.25, -0.2) is 0 Å². The van der Waals surface area contributed by atoms with Gasteiger partial charge in [0.1, 0.15) is 0 Å². The van der Waals surface area contributed by atoms with Crippen LogP contribution in [0.15, 0.2) is 54.6 Å². The topological polar surface area (TPSA) is 92.5 Å². The third-order valence-electron chi connectivity index (χ3n) is 2.95. The molecule has 112 valence electrons. The lowest BCUT2D eigenvalue weighted by atomic mass is 10.1. The smallest absolute Gasteiger partial charge is 0.270 e. The number of hydrogen-bond acceptors (Lipinski definition) is 4. The highest BCUT2D eigenvalue weighted by Gasteiger charge is 2.05. The molecule has 0 fully saturated rings. The largest absolute Gasteiger partial charge is 0.392 e. The Labute approximate surface area is 126 Å². The predicted molar refractivity (Wildman–Crippen MR) is 83.1 cm³/mol. The molecule has 0 atom stereocenters. The minimum absolute atomic E-state index is 0.0341. The van der Waals surface area contributed by atoms with Crippen LogP contribution in [0.5, 0.6) is 0 Å². The standard InChI is InChI=1S/C16H14N2O4/c19-11-13-5-1-2-7-15(13)17-16(20)9-8-12-4-3-6-14(10-12)18(21)22/h1-10,19H,11H2,(H,17,20)/b9-8+. The van der Waals surface area contributed by atoms with Gasteiger partial charge in [0.2, 0.25) is 5.91 Å². The van der Waals surface area contributed by atoms with Gasteiger partial charge < -0.3 is 10.4 Å². The van der Waals surface area contributed by atoms with Crippen LogP contribution in [-0.2, 0) is 11.4 Å². The summed E-state index contributed by atoms with van der Waals surface area (Å²) in [6, 6.07) is 12.9. The molecule has 0 heterocycles. The lowest BCUT2D eigenvalue weighted by Crippen LogP contribution is -2.09. The van der Waals surface area contributed by atoms with Gasteiger partial charge in [-0.1, -0.05) is 30.3 Å². The van der Waals surface area contributed by atoms with E-state index in [0.717, 1.165) is 0 Å². The molecule has 0 spiro atoms. The van der Waals surface area contributed by atoms with E-state index in [0.29, 0.717) is 16.8 Å². The Bertz CT molecular complexity index is 726. The number of aliphatic hydroxyl groups excluding tert-OH is 1. The van der Waals surface area contributed by atoms with Gasteiger partial charge in [0.05, 0.1) is 11.5 Å². The number of non-ortho nitro benzene ring substituents is 1. The van der Waals surface area contributed by atoms with Crippen LogP contribution in [0.3, 0.4) is 0 Å². The van der Waals surface area contributed by atoms with Gasteiger partial charge in [0, 0.05) is 29.5 Å². The van der Waals surface area contributed by atoms with Gasteiger partial charge in [-0.2, -0.15) is 0 Å². The quantitative estimate of drug-likeness (QED) is 0.504. The number of amides is 1. The lowest BCUT2D eigenvalue weighted by Gasteiger charge is -2.06. The number of carbonyl (C=O) groups is 1. The Kier molecular flexibility index (Phi) is 5.00. The van der Waals surface area contributed by atoms with Gasteiger partial charge in [-0.05, 0) is 17.7 Å². The number of nitrogens with one attached hydrogen (secondary N) is 1. The fourth-order valence-electron chi connectivity index (χ4n) is 1.87. The molecule has 0 aromatic heterocycles. The molecule has 6 nitrogen and oxygen atoms in total.